The minimum atomic E-state index is -0.0438. The molecule has 0 bridgehead atoms. The maximum Gasteiger partial charge on any atom is 0.251 e. The van der Waals surface area contributed by atoms with E-state index >= 15 is 0 Å². The Hall–Kier alpha value is -1.62. The van der Waals surface area contributed by atoms with E-state index in [9.17, 15) is 4.79 Å². The average Bonchev–Trinajstić information content (AvgIpc) is 2.89. The molecule has 0 aromatic carbocycles. The lowest BCUT2D eigenvalue weighted by molar-refractivity contribution is 0.0907. The standard InChI is InChI=1S/C15H23N3O2/c1-4-13-7-12(8-14(16-3)18-13)15(19)17-9-11-5-6-20-10(11)2/h7-8,10-11H,4-6,9H2,1-3H3,(H,16,18)(H,17,19). The molecule has 0 radical (unpaired) electrons. The third-order valence-corrected chi connectivity index (χ3v) is 3.82. The van der Waals surface area contributed by atoms with Crippen molar-refractivity contribution in [3.63, 3.8) is 0 Å². The summed E-state index contributed by atoms with van der Waals surface area (Å²) in [5.74, 6) is 1.10. The van der Waals surface area contributed by atoms with Crippen LogP contribution in [0, 0.1) is 5.92 Å². The van der Waals surface area contributed by atoms with Crippen molar-refractivity contribution >= 4 is 11.7 Å². The fourth-order valence-corrected chi connectivity index (χ4v) is 2.40. The fourth-order valence-electron chi connectivity index (χ4n) is 2.40. The van der Waals surface area contributed by atoms with E-state index in [0.29, 0.717) is 18.0 Å². The van der Waals surface area contributed by atoms with Gasteiger partial charge in [0.15, 0.2) is 0 Å². The third kappa shape index (κ3) is 3.48. The molecule has 0 spiro atoms. The summed E-state index contributed by atoms with van der Waals surface area (Å²) in [7, 11) is 1.81. The van der Waals surface area contributed by atoms with Gasteiger partial charge >= 0.3 is 0 Å². The zero-order chi connectivity index (χ0) is 14.5. The molecule has 1 saturated heterocycles. The summed E-state index contributed by atoms with van der Waals surface area (Å²) in [6.45, 7) is 5.55. The third-order valence-electron chi connectivity index (χ3n) is 3.82. The van der Waals surface area contributed by atoms with Crippen LogP contribution in [0.1, 0.15) is 36.3 Å². The van der Waals surface area contributed by atoms with Crippen LogP contribution in [0.5, 0.6) is 0 Å². The smallest absolute Gasteiger partial charge is 0.251 e. The number of rotatable bonds is 5. The molecule has 1 fully saturated rings. The number of hydrogen-bond donors (Lipinski definition) is 2. The summed E-state index contributed by atoms with van der Waals surface area (Å²) in [6.07, 6.45) is 2.05. The van der Waals surface area contributed by atoms with Crippen molar-refractivity contribution in [2.24, 2.45) is 5.92 Å². The van der Waals surface area contributed by atoms with Gasteiger partial charge in [0.1, 0.15) is 5.82 Å². The van der Waals surface area contributed by atoms with Gasteiger partial charge < -0.3 is 15.4 Å². The lowest BCUT2D eigenvalue weighted by Gasteiger charge is -2.15. The summed E-state index contributed by atoms with van der Waals surface area (Å²) in [5.41, 5.74) is 1.58. The summed E-state index contributed by atoms with van der Waals surface area (Å²) < 4.78 is 5.51. The van der Waals surface area contributed by atoms with E-state index in [4.69, 9.17) is 4.74 Å². The second kappa shape index (κ2) is 6.70. The Kier molecular flexibility index (Phi) is 4.95. The Morgan fingerprint density at radius 2 is 2.30 bits per heavy atom. The first kappa shape index (κ1) is 14.8. The van der Waals surface area contributed by atoms with Gasteiger partial charge in [-0.25, -0.2) is 4.98 Å². The quantitative estimate of drug-likeness (QED) is 0.862. The molecule has 1 aromatic rings. The predicted octanol–water partition coefficient (Wildman–Crippen LogP) is 1.84. The molecular weight excluding hydrogens is 254 g/mol. The highest BCUT2D eigenvalue weighted by molar-refractivity contribution is 5.95. The van der Waals surface area contributed by atoms with Crippen LogP contribution < -0.4 is 10.6 Å². The van der Waals surface area contributed by atoms with E-state index in [0.717, 1.165) is 31.0 Å². The number of nitrogens with one attached hydrogen (secondary N) is 2. The van der Waals surface area contributed by atoms with Gasteiger partial charge in [0, 0.05) is 37.4 Å². The molecular formula is C15H23N3O2. The normalized spacial score (nSPS) is 21.8. The fraction of sp³-hybridized carbons (Fsp3) is 0.600. The Morgan fingerprint density at radius 1 is 1.50 bits per heavy atom. The van der Waals surface area contributed by atoms with Gasteiger partial charge in [-0.1, -0.05) is 6.92 Å². The lowest BCUT2D eigenvalue weighted by Crippen LogP contribution is -2.32. The molecule has 2 rings (SSSR count). The van der Waals surface area contributed by atoms with Crippen LogP contribution in [0.3, 0.4) is 0 Å². The molecule has 110 valence electrons. The van der Waals surface area contributed by atoms with E-state index in [1.165, 1.54) is 0 Å². The van der Waals surface area contributed by atoms with Gasteiger partial charge in [-0.15, -0.1) is 0 Å². The van der Waals surface area contributed by atoms with Gasteiger partial charge in [-0.05, 0) is 31.9 Å². The topological polar surface area (TPSA) is 63.2 Å². The number of hydrogen-bond acceptors (Lipinski definition) is 4. The summed E-state index contributed by atoms with van der Waals surface area (Å²) in [4.78, 5) is 16.6. The number of carbonyl (C=O) groups is 1. The molecule has 1 aromatic heterocycles. The minimum Gasteiger partial charge on any atom is -0.378 e. The second-order valence-electron chi connectivity index (χ2n) is 5.17. The molecule has 1 aliphatic heterocycles. The summed E-state index contributed by atoms with van der Waals surface area (Å²) in [6, 6.07) is 3.63. The number of aromatic nitrogens is 1. The van der Waals surface area contributed by atoms with E-state index < -0.39 is 0 Å². The molecule has 0 aliphatic carbocycles. The van der Waals surface area contributed by atoms with Crippen LogP contribution >= 0.6 is 0 Å². The maximum atomic E-state index is 12.2. The first-order valence-corrected chi connectivity index (χ1v) is 7.22. The molecule has 0 saturated carbocycles. The molecule has 2 N–H and O–H groups in total. The largest absolute Gasteiger partial charge is 0.378 e. The first-order valence-electron chi connectivity index (χ1n) is 7.22. The van der Waals surface area contributed by atoms with Crippen molar-refractivity contribution in [3.05, 3.63) is 23.4 Å². The van der Waals surface area contributed by atoms with Crippen LogP contribution in [0.4, 0.5) is 5.82 Å². The van der Waals surface area contributed by atoms with Crippen LogP contribution in [0.2, 0.25) is 0 Å². The van der Waals surface area contributed by atoms with E-state index in [1.54, 1.807) is 13.1 Å². The monoisotopic (exact) mass is 277 g/mol. The van der Waals surface area contributed by atoms with Gasteiger partial charge in [0.25, 0.3) is 5.91 Å². The molecule has 2 heterocycles. The van der Waals surface area contributed by atoms with Gasteiger partial charge in [-0.3, -0.25) is 4.79 Å². The lowest BCUT2D eigenvalue weighted by atomic mass is 10.0. The van der Waals surface area contributed by atoms with E-state index in [2.05, 4.69) is 22.5 Å². The summed E-state index contributed by atoms with van der Waals surface area (Å²) in [5, 5.41) is 5.99. The Morgan fingerprint density at radius 3 is 2.90 bits per heavy atom. The van der Waals surface area contributed by atoms with Crippen molar-refractivity contribution in [1.82, 2.24) is 10.3 Å². The number of pyridine rings is 1. The SMILES string of the molecule is CCc1cc(C(=O)NCC2CCOC2C)cc(NC)n1. The number of ether oxygens (including phenoxy) is 1. The van der Waals surface area contributed by atoms with Gasteiger partial charge in [0.05, 0.1) is 6.10 Å². The molecule has 20 heavy (non-hydrogen) atoms. The zero-order valence-electron chi connectivity index (χ0n) is 12.4. The van der Waals surface area contributed by atoms with E-state index in [-0.39, 0.29) is 12.0 Å². The zero-order valence-corrected chi connectivity index (χ0v) is 12.4. The molecule has 5 nitrogen and oxygen atoms in total. The van der Waals surface area contributed by atoms with Gasteiger partial charge in [-0.2, -0.15) is 0 Å². The average molecular weight is 277 g/mol. The van der Waals surface area contributed by atoms with Crippen LogP contribution in [-0.2, 0) is 11.2 Å². The number of carbonyl (C=O) groups excluding carboxylic acids is 1. The van der Waals surface area contributed by atoms with E-state index in [1.807, 2.05) is 13.0 Å². The number of nitrogens with zero attached hydrogens (tertiary/aromatic N) is 1. The maximum absolute atomic E-state index is 12.2. The Balaban J connectivity index is 2.01. The highest BCUT2D eigenvalue weighted by atomic mass is 16.5. The van der Waals surface area contributed by atoms with Crippen molar-refractivity contribution < 1.29 is 9.53 Å². The van der Waals surface area contributed by atoms with Crippen LogP contribution in [-0.4, -0.2) is 37.2 Å². The summed E-state index contributed by atoms with van der Waals surface area (Å²) >= 11 is 0. The van der Waals surface area contributed by atoms with Crippen molar-refractivity contribution in [2.75, 3.05) is 25.5 Å². The number of aryl methyl sites for hydroxylation is 1. The van der Waals surface area contributed by atoms with Crippen LogP contribution in [0.25, 0.3) is 0 Å². The van der Waals surface area contributed by atoms with Crippen molar-refractivity contribution in [2.45, 2.75) is 32.8 Å². The first-order chi connectivity index (χ1) is 9.63. The highest BCUT2D eigenvalue weighted by Gasteiger charge is 2.24. The Labute approximate surface area is 120 Å². The van der Waals surface area contributed by atoms with Crippen molar-refractivity contribution in [1.29, 1.82) is 0 Å². The highest BCUT2D eigenvalue weighted by Crippen LogP contribution is 2.19. The minimum absolute atomic E-state index is 0.0438. The van der Waals surface area contributed by atoms with Crippen molar-refractivity contribution in [3.8, 4) is 0 Å². The van der Waals surface area contributed by atoms with Gasteiger partial charge in [0.2, 0.25) is 0 Å². The Bertz CT molecular complexity index is 454. The predicted molar refractivity (Wildman–Crippen MR) is 79.0 cm³/mol. The molecule has 2 atom stereocenters. The molecule has 1 aliphatic rings. The number of amides is 1. The number of anilines is 1. The molecule has 5 heteroatoms. The second-order valence-corrected chi connectivity index (χ2v) is 5.17. The molecule has 1 amide bonds. The van der Waals surface area contributed by atoms with Crippen LogP contribution in [0.15, 0.2) is 12.1 Å². The molecule has 2 unspecified atom stereocenters.